The standard InChI is InChI=1S/C48H34N4.C13H16.C2H6/c1-2-11-29(12-3-1)30-21-23-31(24-22-30)46-36-14-4-7-18-39(36)49-48(50-46)52-41-20-9-6-15-37(41)44-33-25-27-42-45(34(33)26-28-43(44)52)38-17-10-16-35-32-13-5-8-19-40(32)51(42)47(35)38;1-4-5-10-13(11(2)3)12-8-6-7-9-12;1-2/h1-23,25-28,31,36,39,46H,24H2,(H,49,50);4-8,10H,2,9H2,1,3H3;1-2H3/b;5-4-,13-10+;. The highest BCUT2D eigenvalue weighted by atomic mass is 15.3. The lowest BCUT2D eigenvalue weighted by atomic mass is 9.77. The van der Waals surface area contributed by atoms with Gasteiger partial charge in [-0.3, -0.25) is 4.57 Å². The Morgan fingerprint density at radius 3 is 2.13 bits per heavy atom. The first-order chi connectivity index (χ1) is 33.1. The molecule has 0 fully saturated rings. The third-order valence-corrected chi connectivity index (χ3v) is 14.1. The summed E-state index contributed by atoms with van der Waals surface area (Å²) in [4.78, 5) is 5.45. The molecule has 0 saturated heterocycles. The highest BCUT2D eigenvalue weighted by Crippen LogP contribution is 2.45. The average molecular weight is 869 g/mol. The minimum absolute atomic E-state index is 0.0733. The van der Waals surface area contributed by atoms with Crippen molar-refractivity contribution in [2.45, 2.75) is 52.6 Å². The molecule has 4 heteroatoms. The van der Waals surface area contributed by atoms with Crippen LogP contribution in [0.3, 0.4) is 0 Å². The Kier molecular flexibility index (Phi) is 11.0. The Balaban J connectivity index is 0.000000286. The van der Waals surface area contributed by atoms with Crippen LogP contribution >= 0.6 is 0 Å². The molecule has 6 aromatic carbocycles. The Hall–Kier alpha value is -7.69. The van der Waals surface area contributed by atoms with Crippen molar-refractivity contribution < 1.29 is 0 Å². The lowest BCUT2D eigenvalue weighted by Gasteiger charge is -2.40. The van der Waals surface area contributed by atoms with Crippen LogP contribution in [0.2, 0.25) is 0 Å². The van der Waals surface area contributed by atoms with Gasteiger partial charge >= 0.3 is 0 Å². The van der Waals surface area contributed by atoms with Crippen molar-refractivity contribution in [2.75, 3.05) is 0 Å². The molecule has 9 aromatic rings. The summed E-state index contributed by atoms with van der Waals surface area (Å²) in [7, 11) is 0. The Labute approximate surface area is 393 Å². The number of hydrogen-bond acceptors (Lipinski definition) is 2. The van der Waals surface area contributed by atoms with Crippen molar-refractivity contribution in [3.63, 3.8) is 0 Å². The van der Waals surface area contributed by atoms with Gasteiger partial charge in [-0.1, -0.05) is 202 Å². The first-order valence-electron chi connectivity index (χ1n) is 24.1. The number of benzene rings is 6. The van der Waals surface area contributed by atoms with E-state index in [1.807, 2.05) is 26.8 Å². The van der Waals surface area contributed by atoms with Crippen LogP contribution in [0.1, 0.15) is 46.1 Å². The number of nitrogens with zero attached hydrogens (tertiary/aromatic N) is 3. The van der Waals surface area contributed by atoms with Gasteiger partial charge < -0.3 is 9.72 Å². The van der Waals surface area contributed by atoms with E-state index in [9.17, 15) is 0 Å². The van der Waals surface area contributed by atoms with E-state index in [2.05, 4.69) is 222 Å². The van der Waals surface area contributed by atoms with Crippen molar-refractivity contribution >= 4 is 82.2 Å². The molecular formula is C63H56N4. The molecule has 0 spiro atoms. The Morgan fingerprint density at radius 2 is 1.39 bits per heavy atom. The highest BCUT2D eigenvalue weighted by Gasteiger charge is 2.38. The Morgan fingerprint density at radius 1 is 0.687 bits per heavy atom. The predicted octanol–water partition coefficient (Wildman–Crippen LogP) is 16.0. The Bertz CT molecular complexity index is 3680. The number of hydrogen-bond donors (Lipinski definition) is 1. The number of para-hydroxylation sites is 3. The van der Waals surface area contributed by atoms with Gasteiger partial charge in [0, 0.05) is 50.2 Å². The fraction of sp³-hybridized carbons (Fsp3) is 0.159. The smallest absolute Gasteiger partial charge is 0.204 e. The summed E-state index contributed by atoms with van der Waals surface area (Å²) >= 11 is 0. The lowest BCUT2D eigenvalue weighted by Crippen LogP contribution is -2.54. The maximum Gasteiger partial charge on any atom is 0.204 e. The molecule has 0 amide bonds. The van der Waals surface area contributed by atoms with E-state index in [4.69, 9.17) is 4.99 Å². The summed E-state index contributed by atoms with van der Waals surface area (Å²) in [5, 5.41) is 14.4. The van der Waals surface area contributed by atoms with Gasteiger partial charge in [-0.25, -0.2) is 4.99 Å². The summed E-state index contributed by atoms with van der Waals surface area (Å²) in [6.45, 7) is 12.1. The molecule has 328 valence electrons. The van der Waals surface area contributed by atoms with E-state index in [1.165, 1.54) is 93.0 Å². The van der Waals surface area contributed by atoms with Crippen LogP contribution in [0.25, 0.3) is 76.2 Å². The first kappa shape index (κ1) is 42.0. The molecule has 4 heterocycles. The maximum atomic E-state index is 5.45. The molecule has 67 heavy (non-hydrogen) atoms. The molecule has 3 aromatic heterocycles. The minimum Gasteiger partial charge on any atom is -0.352 e. The van der Waals surface area contributed by atoms with Crippen LogP contribution in [0.5, 0.6) is 0 Å². The quantitative estimate of drug-likeness (QED) is 0.172. The zero-order chi connectivity index (χ0) is 45.6. The normalized spacial score (nSPS) is 20.1. The largest absolute Gasteiger partial charge is 0.352 e. The fourth-order valence-electron chi connectivity index (χ4n) is 11.2. The molecule has 0 radical (unpaired) electrons. The molecule has 1 aliphatic heterocycles. The molecule has 3 aliphatic carbocycles. The second-order valence-electron chi connectivity index (χ2n) is 17.9. The number of rotatable bonds is 5. The zero-order valence-electron chi connectivity index (χ0n) is 38.8. The van der Waals surface area contributed by atoms with Crippen molar-refractivity contribution in [1.82, 2.24) is 14.3 Å². The van der Waals surface area contributed by atoms with Crippen molar-refractivity contribution in [3.05, 3.63) is 229 Å². The number of aliphatic imine (C=N–C) groups is 1. The van der Waals surface area contributed by atoms with E-state index < -0.39 is 0 Å². The van der Waals surface area contributed by atoms with Crippen LogP contribution < -0.4 is 5.32 Å². The van der Waals surface area contributed by atoms with E-state index in [-0.39, 0.29) is 18.0 Å². The molecule has 4 unspecified atom stereocenters. The topological polar surface area (TPSA) is 33.7 Å². The maximum absolute atomic E-state index is 5.45. The molecule has 4 atom stereocenters. The molecule has 0 saturated carbocycles. The SMILES string of the molecule is C1=CC2N=C(n3c4ccccc4c4c5ccc6c(c5ccc43)c3cccc4c5ccccc5n6c43)NC(C3C=CC(c4ccccc4)=CC3)C2C=C1.C=C(C)/C(=C\C=C/C)C1=CC=CC1.CC. The van der Waals surface area contributed by atoms with Gasteiger partial charge in [0.2, 0.25) is 5.96 Å². The van der Waals surface area contributed by atoms with Gasteiger partial charge in [0.15, 0.2) is 0 Å². The van der Waals surface area contributed by atoms with Crippen LogP contribution in [0, 0.1) is 11.8 Å². The van der Waals surface area contributed by atoms with E-state index >= 15 is 0 Å². The minimum atomic E-state index is 0.0733. The van der Waals surface area contributed by atoms with Crippen molar-refractivity contribution in [3.8, 4) is 0 Å². The summed E-state index contributed by atoms with van der Waals surface area (Å²) in [6.07, 6.45) is 30.8. The van der Waals surface area contributed by atoms with Crippen LogP contribution in [-0.4, -0.2) is 27.0 Å². The van der Waals surface area contributed by atoms with Gasteiger partial charge in [0.1, 0.15) is 0 Å². The van der Waals surface area contributed by atoms with E-state index in [0.29, 0.717) is 5.92 Å². The summed E-state index contributed by atoms with van der Waals surface area (Å²) in [6, 6.07) is 44.8. The van der Waals surface area contributed by atoms with Crippen molar-refractivity contribution in [1.29, 1.82) is 0 Å². The van der Waals surface area contributed by atoms with E-state index in [0.717, 1.165) is 24.4 Å². The molecule has 4 aliphatic rings. The summed E-state index contributed by atoms with van der Waals surface area (Å²) < 4.78 is 4.87. The highest BCUT2D eigenvalue weighted by molar-refractivity contribution is 6.33. The van der Waals surface area contributed by atoms with E-state index in [1.54, 1.807) is 0 Å². The molecule has 0 bridgehead atoms. The third-order valence-electron chi connectivity index (χ3n) is 14.1. The number of nitrogens with one attached hydrogen (secondary N) is 1. The molecule has 4 nitrogen and oxygen atoms in total. The van der Waals surface area contributed by atoms with Gasteiger partial charge in [-0.2, -0.15) is 0 Å². The van der Waals surface area contributed by atoms with Gasteiger partial charge in [-0.05, 0) is 84.0 Å². The second kappa shape index (κ2) is 17.6. The third kappa shape index (κ3) is 7.02. The summed E-state index contributed by atoms with van der Waals surface area (Å²) in [5.74, 6) is 1.55. The fourth-order valence-corrected chi connectivity index (χ4v) is 11.2. The van der Waals surface area contributed by atoms with Gasteiger partial charge in [-0.15, -0.1) is 0 Å². The van der Waals surface area contributed by atoms with Crippen LogP contribution in [0.15, 0.2) is 229 Å². The number of aromatic nitrogens is 2. The zero-order valence-corrected chi connectivity index (χ0v) is 38.8. The molecular weight excluding hydrogens is 813 g/mol. The number of fused-ring (bicyclic) bond motifs is 13. The first-order valence-corrected chi connectivity index (χ1v) is 24.1. The second-order valence-corrected chi connectivity index (χ2v) is 17.9. The number of allylic oxidation sites excluding steroid dienone is 14. The van der Waals surface area contributed by atoms with Crippen LogP contribution in [0.4, 0.5) is 0 Å². The predicted molar refractivity (Wildman–Crippen MR) is 289 cm³/mol. The average Bonchev–Trinajstić information content (AvgIpc) is 4.19. The summed E-state index contributed by atoms with van der Waals surface area (Å²) in [5.41, 5.74) is 12.5. The molecule has 1 N–H and O–H groups in total. The van der Waals surface area contributed by atoms with Crippen LogP contribution in [-0.2, 0) is 0 Å². The molecule has 13 rings (SSSR count). The lowest BCUT2D eigenvalue weighted by molar-refractivity contribution is 0.328. The monoisotopic (exact) mass is 868 g/mol. The van der Waals surface area contributed by atoms with Gasteiger partial charge in [0.05, 0.1) is 33.6 Å². The van der Waals surface area contributed by atoms with Crippen molar-refractivity contribution in [2.24, 2.45) is 16.8 Å². The van der Waals surface area contributed by atoms with Gasteiger partial charge in [0.25, 0.3) is 0 Å².